The third kappa shape index (κ3) is 1.76. The van der Waals surface area contributed by atoms with E-state index < -0.39 is 23.0 Å². The Hall–Kier alpha value is -1.20. The molecule has 1 rings (SSSR count). The van der Waals surface area contributed by atoms with Crippen molar-refractivity contribution >= 4 is 17.3 Å². The maximum atomic E-state index is 12.8. The molecule has 0 aliphatic carbocycles. The average molecular weight is 206 g/mol. The molecule has 6 heteroatoms. The number of rotatable bonds is 2. The predicted molar refractivity (Wildman–Crippen MR) is 44.0 cm³/mol. The lowest BCUT2D eigenvalue weighted by atomic mass is 10.2. The van der Waals surface area contributed by atoms with Gasteiger partial charge >= 0.3 is 0 Å². The monoisotopic (exact) mass is 205 g/mol. The highest BCUT2D eigenvalue weighted by atomic mass is 35.5. The summed E-state index contributed by atoms with van der Waals surface area (Å²) >= 11 is 5.47. The molecule has 0 heterocycles. The number of benzene rings is 1. The highest BCUT2D eigenvalue weighted by Gasteiger charge is 2.18. The summed E-state index contributed by atoms with van der Waals surface area (Å²) in [4.78, 5) is 9.58. The van der Waals surface area contributed by atoms with Crippen LogP contribution in [-0.2, 0) is 6.61 Å². The van der Waals surface area contributed by atoms with Crippen LogP contribution in [0.4, 0.5) is 10.1 Å². The van der Waals surface area contributed by atoms with E-state index in [0.717, 1.165) is 12.1 Å². The van der Waals surface area contributed by atoms with Crippen LogP contribution < -0.4 is 0 Å². The summed E-state index contributed by atoms with van der Waals surface area (Å²) in [5.41, 5.74) is -0.664. The predicted octanol–water partition coefficient (Wildman–Crippen LogP) is 1.88. The van der Waals surface area contributed by atoms with Gasteiger partial charge in [0.25, 0.3) is 5.69 Å². The van der Waals surface area contributed by atoms with E-state index in [2.05, 4.69) is 0 Å². The van der Waals surface area contributed by atoms with E-state index in [4.69, 9.17) is 16.7 Å². The van der Waals surface area contributed by atoms with Crippen LogP contribution in [0.25, 0.3) is 0 Å². The molecule has 0 bridgehead atoms. The van der Waals surface area contributed by atoms with Gasteiger partial charge in [0, 0.05) is 11.6 Å². The van der Waals surface area contributed by atoms with Gasteiger partial charge in [0.2, 0.25) is 0 Å². The second-order valence-corrected chi connectivity index (χ2v) is 2.65. The van der Waals surface area contributed by atoms with Gasteiger partial charge < -0.3 is 5.11 Å². The zero-order valence-corrected chi connectivity index (χ0v) is 7.08. The molecule has 0 saturated carbocycles. The first-order valence-electron chi connectivity index (χ1n) is 3.30. The van der Waals surface area contributed by atoms with Crippen molar-refractivity contribution in [3.05, 3.63) is 38.7 Å². The maximum Gasteiger partial charge on any atom is 0.288 e. The third-order valence-electron chi connectivity index (χ3n) is 1.52. The van der Waals surface area contributed by atoms with E-state index in [1.807, 2.05) is 0 Å². The van der Waals surface area contributed by atoms with Crippen molar-refractivity contribution in [3.63, 3.8) is 0 Å². The summed E-state index contributed by atoms with van der Waals surface area (Å²) < 4.78 is 12.8. The fourth-order valence-electron chi connectivity index (χ4n) is 0.871. The number of halogens is 2. The van der Waals surface area contributed by atoms with Crippen molar-refractivity contribution < 1.29 is 14.4 Å². The van der Waals surface area contributed by atoms with E-state index >= 15 is 0 Å². The van der Waals surface area contributed by atoms with Crippen LogP contribution in [0.2, 0.25) is 5.02 Å². The zero-order valence-electron chi connectivity index (χ0n) is 6.33. The van der Waals surface area contributed by atoms with Crippen LogP contribution in [0.5, 0.6) is 0 Å². The summed E-state index contributed by atoms with van der Waals surface area (Å²) in [6.45, 7) is -0.660. The van der Waals surface area contributed by atoms with Crippen molar-refractivity contribution in [1.29, 1.82) is 0 Å². The highest BCUT2D eigenvalue weighted by Crippen LogP contribution is 2.29. The molecule has 4 nitrogen and oxygen atoms in total. The fourth-order valence-corrected chi connectivity index (χ4v) is 1.15. The number of aliphatic hydroxyl groups excluding tert-OH is 1. The van der Waals surface area contributed by atoms with Crippen molar-refractivity contribution in [2.24, 2.45) is 0 Å². The molecular formula is C7H5ClFNO3. The molecule has 0 aliphatic rings. The SMILES string of the molecule is O=[N+]([O-])c1ccc(F)c(CO)c1Cl. The molecule has 0 atom stereocenters. The van der Waals surface area contributed by atoms with Crippen molar-refractivity contribution in [1.82, 2.24) is 0 Å². The topological polar surface area (TPSA) is 63.4 Å². The second-order valence-electron chi connectivity index (χ2n) is 2.27. The van der Waals surface area contributed by atoms with Crippen LogP contribution in [0.1, 0.15) is 5.56 Å². The molecule has 0 aromatic heterocycles. The van der Waals surface area contributed by atoms with Gasteiger partial charge in [0.15, 0.2) is 0 Å². The maximum absolute atomic E-state index is 12.8. The van der Waals surface area contributed by atoms with Crippen LogP contribution >= 0.6 is 11.6 Å². The molecule has 70 valence electrons. The minimum Gasteiger partial charge on any atom is -0.392 e. The van der Waals surface area contributed by atoms with E-state index in [1.165, 1.54) is 0 Å². The Labute approximate surface area is 77.7 Å². The van der Waals surface area contributed by atoms with Crippen LogP contribution in [0.3, 0.4) is 0 Å². The number of nitrogens with zero attached hydrogens (tertiary/aromatic N) is 1. The summed E-state index contributed by atoms with van der Waals surface area (Å²) in [5.74, 6) is -0.752. The molecule has 0 fully saturated rings. The van der Waals surface area contributed by atoms with Crippen molar-refractivity contribution in [3.8, 4) is 0 Å². The molecule has 0 radical (unpaired) electrons. The number of nitro groups is 1. The number of hydrogen-bond acceptors (Lipinski definition) is 3. The zero-order chi connectivity index (χ0) is 10.0. The number of nitro benzene ring substituents is 1. The van der Waals surface area contributed by atoms with E-state index in [9.17, 15) is 14.5 Å². The second kappa shape index (κ2) is 3.68. The minimum atomic E-state index is -0.752. The Morgan fingerprint density at radius 3 is 2.69 bits per heavy atom. The molecule has 1 aromatic rings. The summed E-state index contributed by atoms with van der Waals surface area (Å²) in [7, 11) is 0. The molecule has 0 aliphatic heterocycles. The third-order valence-corrected chi connectivity index (χ3v) is 1.94. The lowest BCUT2D eigenvalue weighted by Crippen LogP contribution is -1.96. The number of aliphatic hydroxyl groups is 1. The number of hydrogen-bond donors (Lipinski definition) is 1. The minimum absolute atomic E-state index is 0.254. The van der Waals surface area contributed by atoms with Crippen LogP contribution in [-0.4, -0.2) is 10.0 Å². The first kappa shape index (κ1) is 9.88. The van der Waals surface area contributed by atoms with Gasteiger partial charge in [-0.25, -0.2) is 4.39 Å². The van der Waals surface area contributed by atoms with E-state index in [1.54, 1.807) is 0 Å². The van der Waals surface area contributed by atoms with Gasteiger partial charge in [-0.3, -0.25) is 10.1 Å². The highest BCUT2D eigenvalue weighted by molar-refractivity contribution is 6.33. The molecule has 1 N–H and O–H groups in total. The van der Waals surface area contributed by atoms with Gasteiger partial charge in [-0.2, -0.15) is 0 Å². The Bertz CT molecular complexity index is 356. The molecule has 1 aromatic carbocycles. The average Bonchev–Trinajstić information content (AvgIpc) is 2.04. The largest absolute Gasteiger partial charge is 0.392 e. The van der Waals surface area contributed by atoms with Crippen molar-refractivity contribution in [2.75, 3.05) is 0 Å². The van der Waals surface area contributed by atoms with Gasteiger partial charge in [-0.1, -0.05) is 11.6 Å². The molecule has 0 spiro atoms. The lowest BCUT2D eigenvalue weighted by molar-refractivity contribution is -0.384. The first-order chi connectivity index (χ1) is 6.07. The Kier molecular flexibility index (Phi) is 2.79. The molecule has 0 saturated heterocycles. The Morgan fingerprint density at radius 2 is 2.23 bits per heavy atom. The quantitative estimate of drug-likeness (QED) is 0.592. The van der Waals surface area contributed by atoms with Gasteiger partial charge in [0.05, 0.1) is 11.5 Å². The van der Waals surface area contributed by atoms with E-state index in [-0.39, 0.29) is 10.6 Å². The Morgan fingerprint density at radius 1 is 1.62 bits per heavy atom. The standard InChI is InChI=1S/C7H5ClFNO3/c8-7-4(3-11)5(9)1-2-6(7)10(12)13/h1-2,11H,3H2. The lowest BCUT2D eigenvalue weighted by Gasteiger charge is -2.01. The Balaban J connectivity index is 3.35. The fraction of sp³-hybridized carbons (Fsp3) is 0.143. The molecule has 0 amide bonds. The van der Waals surface area contributed by atoms with Gasteiger partial charge in [0.1, 0.15) is 10.8 Å². The van der Waals surface area contributed by atoms with Gasteiger partial charge in [-0.05, 0) is 6.07 Å². The molecule has 0 unspecified atom stereocenters. The molecule has 13 heavy (non-hydrogen) atoms. The summed E-state index contributed by atoms with van der Waals surface area (Å²) in [6.07, 6.45) is 0. The summed E-state index contributed by atoms with van der Waals surface area (Å²) in [5, 5.41) is 18.6. The van der Waals surface area contributed by atoms with Crippen LogP contribution in [0.15, 0.2) is 12.1 Å². The summed E-state index contributed by atoms with van der Waals surface area (Å²) in [6, 6.07) is 1.85. The van der Waals surface area contributed by atoms with Crippen molar-refractivity contribution in [2.45, 2.75) is 6.61 Å². The van der Waals surface area contributed by atoms with Gasteiger partial charge in [-0.15, -0.1) is 0 Å². The normalized spacial score (nSPS) is 10.1. The molecular weight excluding hydrogens is 201 g/mol. The van der Waals surface area contributed by atoms with Crippen LogP contribution in [0, 0.1) is 15.9 Å². The smallest absolute Gasteiger partial charge is 0.288 e. The first-order valence-corrected chi connectivity index (χ1v) is 3.68. The van der Waals surface area contributed by atoms with E-state index in [0.29, 0.717) is 0 Å².